The normalized spacial score (nSPS) is 13.1. The molecule has 0 aliphatic rings. The molecule has 2 amide bonds. The van der Waals surface area contributed by atoms with Gasteiger partial charge in [-0.25, -0.2) is 9.59 Å². The number of thiol groups is 2. The Hall–Kier alpha value is -1.09. The molecule has 2 N–H and O–H groups in total. The minimum Gasteiger partial charge on any atom is -0.424 e. The predicted octanol–water partition coefficient (Wildman–Crippen LogP) is -0.0339. The lowest BCUT2D eigenvalue weighted by Crippen LogP contribution is -2.44. The summed E-state index contributed by atoms with van der Waals surface area (Å²) in [5.74, 6) is -0.555. The molecule has 0 radical (unpaired) electrons. The summed E-state index contributed by atoms with van der Waals surface area (Å²) in [5.41, 5.74) is 0. The average Bonchev–Trinajstić information content (AvgIpc) is 2.32. The number of esters is 1. The number of alkyl carbamates (subject to hydrolysis) is 1. The van der Waals surface area contributed by atoms with Crippen LogP contribution in [-0.4, -0.2) is 48.4 Å². The van der Waals surface area contributed by atoms with Gasteiger partial charge in [-0.2, -0.15) is 25.3 Å². The second kappa shape index (κ2) is 9.79. The van der Waals surface area contributed by atoms with Crippen molar-refractivity contribution in [1.82, 2.24) is 10.6 Å². The third kappa shape index (κ3) is 8.60. The van der Waals surface area contributed by atoms with E-state index in [2.05, 4.69) is 35.9 Å². The fourth-order valence-electron chi connectivity index (χ4n) is 1.04. The molecule has 0 saturated carbocycles. The smallest absolute Gasteiger partial charge is 0.410 e. The van der Waals surface area contributed by atoms with Crippen LogP contribution in [0.4, 0.5) is 4.79 Å². The van der Waals surface area contributed by atoms with Crippen LogP contribution < -0.4 is 10.6 Å². The summed E-state index contributed by atoms with van der Waals surface area (Å²) in [6.45, 7) is 3.00. The fraction of sp³-hybridized carbons (Fsp3) is 0.700. The Balaban J connectivity index is 4.15. The summed E-state index contributed by atoms with van der Waals surface area (Å²) < 4.78 is 9.61. The van der Waals surface area contributed by atoms with Crippen LogP contribution in [0.25, 0.3) is 0 Å². The van der Waals surface area contributed by atoms with Crippen molar-refractivity contribution in [3.63, 3.8) is 0 Å². The molecule has 2 atom stereocenters. The molecule has 0 spiro atoms. The van der Waals surface area contributed by atoms with E-state index in [1.54, 1.807) is 0 Å². The van der Waals surface area contributed by atoms with E-state index in [4.69, 9.17) is 9.47 Å². The van der Waals surface area contributed by atoms with Crippen molar-refractivity contribution in [2.75, 3.05) is 18.1 Å². The van der Waals surface area contributed by atoms with Gasteiger partial charge in [0.05, 0.1) is 0 Å². The summed E-state index contributed by atoms with van der Waals surface area (Å²) in [4.78, 5) is 33.6. The molecule has 19 heavy (non-hydrogen) atoms. The van der Waals surface area contributed by atoms with Gasteiger partial charge >= 0.3 is 12.1 Å². The summed E-state index contributed by atoms with van der Waals surface area (Å²) in [6, 6.07) is -0.882. The van der Waals surface area contributed by atoms with Gasteiger partial charge in [-0.15, -0.1) is 0 Å². The highest BCUT2D eigenvalue weighted by Crippen LogP contribution is 2.00. The maximum absolute atomic E-state index is 11.6. The molecule has 0 bridgehead atoms. The van der Waals surface area contributed by atoms with E-state index in [1.165, 1.54) is 13.8 Å². The quantitative estimate of drug-likeness (QED) is 0.301. The van der Waals surface area contributed by atoms with Crippen molar-refractivity contribution in [1.29, 1.82) is 0 Å². The van der Waals surface area contributed by atoms with E-state index in [-0.39, 0.29) is 11.7 Å². The molecular weight excluding hydrogens is 292 g/mol. The number of carbonyl (C=O) groups is 3. The number of hydrogen-bond acceptors (Lipinski definition) is 7. The lowest BCUT2D eigenvalue weighted by atomic mass is 10.3. The summed E-state index contributed by atoms with van der Waals surface area (Å²) in [7, 11) is 0. The number of ether oxygens (including phenoxy) is 2. The van der Waals surface area contributed by atoms with Crippen LogP contribution >= 0.6 is 25.3 Å². The van der Waals surface area contributed by atoms with E-state index < -0.39 is 24.4 Å². The first kappa shape index (κ1) is 17.9. The highest BCUT2D eigenvalue weighted by Gasteiger charge is 2.22. The third-order valence-corrected chi connectivity index (χ3v) is 2.37. The minimum absolute atomic E-state index is 0.0803. The van der Waals surface area contributed by atoms with Crippen LogP contribution in [-0.2, 0) is 19.1 Å². The Morgan fingerprint density at radius 1 is 1.21 bits per heavy atom. The van der Waals surface area contributed by atoms with Gasteiger partial charge in [-0.3, -0.25) is 4.79 Å². The Kier molecular flexibility index (Phi) is 9.23. The van der Waals surface area contributed by atoms with Crippen LogP contribution in [0.3, 0.4) is 0 Å². The third-order valence-electron chi connectivity index (χ3n) is 1.78. The topological polar surface area (TPSA) is 93.7 Å². The summed E-state index contributed by atoms with van der Waals surface area (Å²) in [5, 5.41) is 4.76. The lowest BCUT2D eigenvalue weighted by molar-refractivity contribution is -0.167. The molecule has 0 saturated heterocycles. The van der Waals surface area contributed by atoms with Gasteiger partial charge in [0.1, 0.15) is 6.04 Å². The second-order valence-corrected chi connectivity index (χ2v) is 4.31. The first-order valence-electron chi connectivity index (χ1n) is 5.54. The number of nitrogens with one attached hydrogen (secondary N) is 2. The van der Waals surface area contributed by atoms with Crippen LogP contribution in [0.5, 0.6) is 0 Å². The van der Waals surface area contributed by atoms with Crippen molar-refractivity contribution in [2.24, 2.45) is 0 Å². The van der Waals surface area contributed by atoms with E-state index >= 15 is 0 Å². The van der Waals surface area contributed by atoms with Crippen LogP contribution in [0.2, 0.25) is 0 Å². The van der Waals surface area contributed by atoms with Gasteiger partial charge in [-0.1, -0.05) is 0 Å². The molecule has 0 rings (SSSR count). The molecule has 110 valence electrons. The number of carbonyl (C=O) groups excluding carboxylic acids is 3. The molecule has 1 unspecified atom stereocenters. The van der Waals surface area contributed by atoms with Crippen LogP contribution in [0, 0.1) is 0 Å². The van der Waals surface area contributed by atoms with Gasteiger partial charge in [0, 0.05) is 31.9 Å². The standard InChI is InChI=1S/C10H18N2O5S2/c1-6(13)12-8(5-19)9(14)16-7(2)17-10(15)11-3-4-18/h7-8,18-19H,3-5H2,1-2H3,(H,11,15)(H,12,13)/t7?,8-/m1/s1. The van der Waals surface area contributed by atoms with Crippen molar-refractivity contribution >= 4 is 43.2 Å². The fourth-order valence-corrected chi connectivity index (χ4v) is 1.40. The predicted molar refractivity (Wildman–Crippen MR) is 75.3 cm³/mol. The molecule has 7 nitrogen and oxygen atoms in total. The highest BCUT2D eigenvalue weighted by molar-refractivity contribution is 7.80. The van der Waals surface area contributed by atoms with Gasteiger partial charge < -0.3 is 20.1 Å². The number of rotatable bonds is 7. The van der Waals surface area contributed by atoms with Crippen LogP contribution in [0.15, 0.2) is 0 Å². The van der Waals surface area contributed by atoms with E-state index in [9.17, 15) is 14.4 Å². The largest absolute Gasteiger partial charge is 0.424 e. The zero-order valence-electron chi connectivity index (χ0n) is 10.7. The van der Waals surface area contributed by atoms with Gasteiger partial charge in [0.15, 0.2) is 0 Å². The molecule has 9 heteroatoms. The summed E-state index contributed by atoms with van der Waals surface area (Å²) >= 11 is 7.83. The zero-order chi connectivity index (χ0) is 14.8. The van der Waals surface area contributed by atoms with Crippen molar-refractivity contribution < 1.29 is 23.9 Å². The molecular formula is C10H18N2O5S2. The Morgan fingerprint density at radius 3 is 2.32 bits per heavy atom. The highest BCUT2D eigenvalue weighted by atomic mass is 32.1. The number of hydrogen-bond donors (Lipinski definition) is 4. The van der Waals surface area contributed by atoms with Crippen LogP contribution in [0.1, 0.15) is 13.8 Å². The number of amides is 2. The molecule has 0 heterocycles. The van der Waals surface area contributed by atoms with Gasteiger partial charge in [0.25, 0.3) is 0 Å². The SMILES string of the molecule is CC(=O)N[C@H](CS)C(=O)OC(C)OC(=O)NCCS. The molecule has 0 fully saturated rings. The van der Waals surface area contributed by atoms with E-state index in [1.807, 2.05) is 0 Å². The first-order valence-corrected chi connectivity index (χ1v) is 6.81. The molecule has 0 aliphatic carbocycles. The second-order valence-electron chi connectivity index (χ2n) is 3.50. The van der Waals surface area contributed by atoms with Gasteiger partial charge in [0.2, 0.25) is 12.2 Å². The monoisotopic (exact) mass is 310 g/mol. The van der Waals surface area contributed by atoms with Crippen molar-refractivity contribution in [2.45, 2.75) is 26.2 Å². The van der Waals surface area contributed by atoms with Crippen molar-refractivity contribution in [3.8, 4) is 0 Å². The van der Waals surface area contributed by atoms with E-state index in [0.717, 1.165) is 0 Å². The Bertz CT molecular complexity index is 327. The van der Waals surface area contributed by atoms with E-state index in [0.29, 0.717) is 12.3 Å². The molecule has 0 aromatic rings. The summed E-state index contributed by atoms with van der Waals surface area (Å²) in [6.07, 6.45) is -1.78. The Labute approximate surface area is 122 Å². The molecule has 0 aromatic carbocycles. The Morgan fingerprint density at radius 2 is 1.84 bits per heavy atom. The van der Waals surface area contributed by atoms with Crippen molar-refractivity contribution in [3.05, 3.63) is 0 Å². The maximum Gasteiger partial charge on any atom is 0.410 e. The van der Waals surface area contributed by atoms with Gasteiger partial charge in [-0.05, 0) is 0 Å². The molecule has 0 aromatic heterocycles. The average molecular weight is 310 g/mol. The minimum atomic E-state index is -1.07. The molecule has 0 aliphatic heterocycles. The zero-order valence-corrected chi connectivity index (χ0v) is 12.5. The first-order chi connectivity index (χ1) is 8.90. The maximum atomic E-state index is 11.6. The lowest BCUT2D eigenvalue weighted by Gasteiger charge is -2.18.